The topological polar surface area (TPSA) is 64.0 Å². The van der Waals surface area contributed by atoms with Gasteiger partial charge >= 0.3 is 6.18 Å². The van der Waals surface area contributed by atoms with E-state index in [-0.39, 0.29) is 24.3 Å². The summed E-state index contributed by atoms with van der Waals surface area (Å²) in [5.41, 5.74) is 0.458. The number of hydrogen-bond acceptors (Lipinski definition) is 5. The predicted molar refractivity (Wildman–Crippen MR) is 135 cm³/mol. The molecule has 6 nitrogen and oxygen atoms in total. The Kier molecular flexibility index (Phi) is 10.2. The summed E-state index contributed by atoms with van der Waals surface area (Å²) in [5, 5.41) is 0. The van der Waals surface area contributed by atoms with Crippen molar-refractivity contribution >= 4 is 17.6 Å². The highest BCUT2D eigenvalue weighted by Gasteiger charge is 2.32. The lowest BCUT2D eigenvalue weighted by molar-refractivity contribution is -0.138. The first-order valence-electron chi connectivity index (χ1n) is 12.0. The largest absolute Gasteiger partial charge is 0.473 e. The molecule has 2 aromatic rings. The number of nitrogens with zero attached hydrogens (tertiary/aromatic N) is 3. The van der Waals surface area contributed by atoms with Crippen LogP contribution in [0.25, 0.3) is 5.76 Å². The summed E-state index contributed by atoms with van der Waals surface area (Å²) in [5.74, 6) is -1.43. The van der Waals surface area contributed by atoms with Gasteiger partial charge < -0.3 is 14.4 Å². The van der Waals surface area contributed by atoms with Crippen molar-refractivity contribution in [2.24, 2.45) is 4.99 Å². The Morgan fingerprint density at radius 2 is 1.92 bits per heavy atom. The van der Waals surface area contributed by atoms with Crippen LogP contribution in [0.4, 0.5) is 17.6 Å². The van der Waals surface area contributed by atoms with Gasteiger partial charge in [0.15, 0.2) is 11.7 Å². The van der Waals surface area contributed by atoms with Gasteiger partial charge in [0.25, 0.3) is 5.91 Å². The van der Waals surface area contributed by atoms with Crippen molar-refractivity contribution in [1.82, 2.24) is 9.88 Å². The Hall–Kier alpha value is -3.43. The Balaban J connectivity index is 2.23. The third-order valence-corrected chi connectivity index (χ3v) is 5.78. The van der Waals surface area contributed by atoms with Crippen molar-refractivity contribution in [3.63, 3.8) is 0 Å². The van der Waals surface area contributed by atoms with Crippen LogP contribution < -0.4 is 4.74 Å². The monoisotopic (exact) mass is 523 g/mol. The first-order valence-corrected chi connectivity index (χ1v) is 12.0. The molecule has 0 aliphatic rings. The van der Waals surface area contributed by atoms with Crippen molar-refractivity contribution in [1.29, 1.82) is 0 Å². The Bertz CT molecular complexity index is 1150. The highest BCUT2D eigenvalue weighted by atomic mass is 19.4. The van der Waals surface area contributed by atoms with Gasteiger partial charge in [0.2, 0.25) is 5.88 Å². The number of benzene rings is 1. The summed E-state index contributed by atoms with van der Waals surface area (Å²) in [7, 11) is 0. The molecular weight excluding hydrogens is 490 g/mol. The highest BCUT2D eigenvalue weighted by molar-refractivity contribution is 6.00. The number of hydrogen-bond donors (Lipinski definition) is 0. The molecule has 1 amide bonds. The third-order valence-electron chi connectivity index (χ3n) is 5.78. The van der Waals surface area contributed by atoms with Crippen molar-refractivity contribution in [2.45, 2.75) is 66.2 Å². The van der Waals surface area contributed by atoms with E-state index in [1.165, 1.54) is 4.90 Å². The molecule has 0 saturated carbocycles. The number of aryl methyl sites for hydroxylation is 1. The van der Waals surface area contributed by atoms with Crippen molar-refractivity contribution in [3.05, 3.63) is 65.1 Å². The van der Waals surface area contributed by atoms with E-state index in [0.717, 1.165) is 12.0 Å². The van der Waals surface area contributed by atoms with Gasteiger partial charge in [-0.2, -0.15) is 13.2 Å². The maximum atomic E-state index is 14.1. The summed E-state index contributed by atoms with van der Waals surface area (Å²) in [6.45, 7) is 15.1. The first-order chi connectivity index (χ1) is 17.3. The minimum absolute atomic E-state index is 0.0752. The molecular formula is C27H33F4N3O3. The van der Waals surface area contributed by atoms with E-state index >= 15 is 0 Å². The summed E-state index contributed by atoms with van der Waals surface area (Å²) >= 11 is 0. The normalized spacial score (nSPS) is 13.6. The van der Waals surface area contributed by atoms with Gasteiger partial charge in [0.1, 0.15) is 12.4 Å². The van der Waals surface area contributed by atoms with Crippen LogP contribution in [0.15, 0.2) is 42.0 Å². The van der Waals surface area contributed by atoms with Gasteiger partial charge in [0.05, 0.1) is 23.2 Å². The van der Waals surface area contributed by atoms with Crippen molar-refractivity contribution in [2.75, 3.05) is 13.2 Å². The fourth-order valence-electron chi connectivity index (χ4n) is 3.66. The minimum atomic E-state index is -4.72. The zero-order chi connectivity index (χ0) is 27.9. The maximum Gasteiger partial charge on any atom is 0.417 e. The summed E-state index contributed by atoms with van der Waals surface area (Å²) < 4.78 is 63.6. The Morgan fingerprint density at radius 3 is 2.49 bits per heavy atom. The molecule has 37 heavy (non-hydrogen) atoms. The number of halogens is 4. The second kappa shape index (κ2) is 12.7. The molecule has 0 aliphatic heterocycles. The Labute approximate surface area is 215 Å². The van der Waals surface area contributed by atoms with E-state index in [9.17, 15) is 22.4 Å². The molecule has 0 N–H and O–H groups in total. The second-order valence-electron chi connectivity index (χ2n) is 8.69. The van der Waals surface area contributed by atoms with Crippen molar-refractivity contribution in [3.8, 4) is 5.88 Å². The zero-order valence-corrected chi connectivity index (χ0v) is 21.9. The van der Waals surface area contributed by atoms with Gasteiger partial charge in [-0.3, -0.25) is 9.79 Å². The number of likely N-dealkylation sites (N-methyl/N-ethyl adjacent to an activating group) is 1. The summed E-state index contributed by atoms with van der Waals surface area (Å²) in [6.07, 6.45) is -3.37. The van der Waals surface area contributed by atoms with Gasteiger partial charge in [-0.1, -0.05) is 25.6 Å². The van der Waals surface area contributed by atoms with Crippen LogP contribution in [0.2, 0.25) is 0 Å². The summed E-state index contributed by atoms with van der Waals surface area (Å²) in [4.78, 5) is 23.0. The molecule has 2 atom stereocenters. The molecule has 10 heteroatoms. The second-order valence-corrected chi connectivity index (χ2v) is 8.69. The lowest BCUT2D eigenvalue weighted by Crippen LogP contribution is -2.42. The molecule has 202 valence electrons. The molecule has 0 fully saturated rings. The molecule has 0 radical (unpaired) electrons. The van der Waals surface area contributed by atoms with Crippen LogP contribution in [-0.2, 0) is 10.9 Å². The molecule has 0 bridgehead atoms. The van der Waals surface area contributed by atoms with E-state index in [2.05, 4.69) is 16.6 Å². The molecule has 0 saturated heterocycles. The molecule has 2 rings (SSSR count). The number of carbonyl (C=O) groups excluding carboxylic acids is 1. The first kappa shape index (κ1) is 29.8. The molecule has 0 aliphatic carbocycles. The Morgan fingerprint density at radius 1 is 1.24 bits per heavy atom. The number of amides is 1. The lowest BCUT2D eigenvalue weighted by atomic mass is 9.99. The van der Waals surface area contributed by atoms with Gasteiger partial charge in [-0.25, -0.2) is 9.37 Å². The van der Waals surface area contributed by atoms with Gasteiger partial charge in [0, 0.05) is 25.2 Å². The van der Waals surface area contributed by atoms with Crippen LogP contribution in [-0.4, -0.2) is 46.9 Å². The number of rotatable bonds is 10. The van der Waals surface area contributed by atoms with E-state index < -0.39 is 29.5 Å². The van der Waals surface area contributed by atoms with E-state index in [1.807, 2.05) is 26.8 Å². The summed E-state index contributed by atoms with van der Waals surface area (Å²) in [6, 6.07) is 5.09. The number of carbonyl (C=O) groups is 1. The minimum Gasteiger partial charge on any atom is -0.473 e. The van der Waals surface area contributed by atoms with E-state index in [4.69, 9.17) is 9.47 Å². The van der Waals surface area contributed by atoms with Gasteiger partial charge in [-0.15, -0.1) is 0 Å². The number of aliphatic imine (C=N–C) groups is 1. The number of ether oxygens (including phenoxy) is 2. The van der Waals surface area contributed by atoms with E-state index in [0.29, 0.717) is 35.8 Å². The highest BCUT2D eigenvalue weighted by Crippen LogP contribution is 2.31. The van der Waals surface area contributed by atoms with Crippen LogP contribution in [0.3, 0.4) is 0 Å². The quantitative estimate of drug-likeness (QED) is 0.151. The smallest absolute Gasteiger partial charge is 0.417 e. The van der Waals surface area contributed by atoms with Gasteiger partial charge in [-0.05, 0) is 51.8 Å². The van der Waals surface area contributed by atoms with Crippen LogP contribution >= 0.6 is 0 Å². The maximum absolute atomic E-state index is 14.1. The number of aromatic nitrogens is 1. The predicted octanol–water partition coefficient (Wildman–Crippen LogP) is 6.68. The average Bonchev–Trinajstić information content (AvgIpc) is 2.82. The lowest BCUT2D eigenvalue weighted by Gasteiger charge is -2.29. The van der Waals surface area contributed by atoms with E-state index in [1.54, 1.807) is 32.9 Å². The molecule has 1 aromatic carbocycles. The van der Waals surface area contributed by atoms with Crippen LogP contribution in [0.1, 0.15) is 68.1 Å². The molecule has 1 heterocycles. The zero-order valence-electron chi connectivity index (χ0n) is 21.9. The number of pyridine rings is 1. The molecule has 0 spiro atoms. The standard InChI is InChI=1S/C27H33F4N3O3/c1-8-17(4)33-20(7)37-19(6)24-16(3)11-10-12-22(24)26(35)34(9-2)18(5)15-36-25-23(28)13-21(14-32-25)27(29,30)31/h10-14,17-18H,6,8-9,15H2,1-5,7H3/b33-20-. The third kappa shape index (κ3) is 7.77. The van der Waals surface area contributed by atoms with Crippen molar-refractivity contribution < 1.29 is 31.8 Å². The van der Waals surface area contributed by atoms with Crippen LogP contribution in [0, 0.1) is 12.7 Å². The SMILES string of the molecule is C=C(O/C(C)=N\C(C)CC)c1c(C)cccc1C(=O)N(CC)C(C)COc1ncc(C(F)(F)F)cc1F. The molecule has 2 unspecified atom stereocenters. The fourth-order valence-corrected chi connectivity index (χ4v) is 3.66. The number of alkyl halides is 3. The average molecular weight is 524 g/mol. The molecule has 1 aromatic heterocycles. The fraction of sp³-hybridized carbons (Fsp3) is 0.444. The van der Waals surface area contributed by atoms with Crippen LogP contribution in [0.5, 0.6) is 5.88 Å².